The van der Waals surface area contributed by atoms with Crippen molar-refractivity contribution in [1.82, 2.24) is 59.4 Å². The van der Waals surface area contributed by atoms with Gasteiger partial charge in [0.15, 0.2) is 6.29 Å². The maximum Gasteiger partial charge on any atom is 0.296 e. The first-order valence-corrected chi connectivity index (χ1v) is 38.8. The Labute approximate surface area is 683 Å². The molecule has 6 aliphatic rings. The summed E-state index contributed by atoms with van der Waals surface area (Å²) in [5, 5.41) is 36.9. The summed E-state index contributed by atoms with van der Waals surface area (Å²) < 4.78 is 6.94. The van der Waals surface area contributed by atoms with Crippen molar-refractivity contribution in [2.75, 3.05) is 79.9 Å². The van der Waals surface area contributed by atoms with E-state index in [0.717, 1.165) is 58.8 Å². The smallest absolute Gasteiger partial charge is 0.296 e. The molecule has 2 N–H and O–H groups in total. The normalized spacial score (nSPS) is 17.5. The minimum atomic E-state index is -0.486. The van der Waals surface area contributed by atoms with E-state index in [4.69, 9.17) is 81.1 Å². The number of rotatable bonds is 12. The molecule has 1 fully saturated rings. The van der Waals surface area contributed by atoms with E-state index in [2.05, 4.69) is 241 Å². The maximum absolute atomic E-state index is 10.00. The Morgan fingerprint density at radius 1 is 0.537 bits per heavy atom. The number of nitrogens with two attached hydrogens (primary N) is 1. The molecule has 0 radical (unpaired) electrons. The summed E-state index contributed by atoms with van der Waals surface area (Å²) in [6.45, 7) is 8.72. The van der Waals surface area contributed by atoms with Crippen LogP contribution in [0.4, 0.5) is 5.69 Å². The van der Waals surface area contributed by atoms with Crippen LogP contribution in [0.25, 0.3) is 66.8 Å². The molecule has 15 rings (SSSR count). The van der Waals surface area contributed by atoms with Crippen molar-refractivity contribution >= 4 is 155 Å². The van der Waals surface area contributed by atoms with Crippen LogP contribution in [0.5, 0.6) is 0 Å². The first kappa shape index (κ1) is 82.8. The van der Waals surface area contributed by atoms with Crippen molar-refractivity contribution in [3.05, 3.63) is 218 Å². The summed E-state index contributed by atoms with van der Waals surface area (Å²) in [4.78, 5) is 23.5. The zero-order valence-electron chi connectivity index (χ0n) is 61.9. The fraction of sp³-hybridized carbons (Fsp3) is 0.269. The number of anilines is 1. The molecule has 30 heteroatoms. The number of benzene rings is 8. The first-order valence-electron chi connectivity index (χ1n) is 34.4. The Balaban J connectivity index is 0.000000172. The quantitative estimate of drug-likeness (QED) is 0.0510. The van der Waals surface area contributed by atoms with Crippen LogP contribution in [0.15, 0.2) is 237 Å². The molecule has 0 saturated carbocycles. The van der Waals surface area contributed by atoms with E-state index in [9.17, 15) is 4.79 Å². The fourth-order valence-electron chi connectivity index (χ4n) is 11.5. The average molecular weight is 1610 g/mol. The summed E-state index contributed by atoms with van der Waals surface area (Å²) in [6.07, 6.45) is 2.24. The van der Waals surface area contributed by atoms with E-state index in [1.54, 1.807) is 28.7 Å². The highest BCUT2D eigenvalue weighted by Crippen LogP contribution is 2.38. The molecular weight excluding hydrogens is 1520 g/mol. The van der Waals surface area contributed by atoms with Crippen LogP contribution >= 0.6 is 36.6 Å². The van der Waals surface area contributed by atoms with Gasteiger partial charge < -0.3 is 105 Å². The molecule has 0 spiro atoms. The zero-order valence-corrected chi connectivity index (χ0v) is 69.3. The van der Waals surface area contributed by atoms with Gasteiger partial charge in [-0.15, -0.1) is 24.4 Å². The van der Waals surface area contributed by atoms with E-state index in [-0.39, 0.29) is 6.29 Å². The lowest BCUT2D eigenvalue weighted by Gasteiger charge is -2.29. The zero-order chi connectivity index (χ0) is 77.7. The molecule has 8 aromatic carbocycles. The van der Waals surface area contributed by atoms with Crippen molar-refractivity contribution < 1.29 is 9.53 Å². The van der Waals surface area contributed by atoms with E-state index >= 15 is 0 Å². The molecule has 566 valence electrons. The predicted octanol–water partition coefficient (Wildman–Crippen LogP) is 12.9. The molecule has 4 unspecified atom stereocenters. The summed E-state index contributed by atoms with van der Waals surface area (Å²) >= 11 is 41.4. The lowest BCUT2D eigenvalue weighted by atomic mass is 9.90. The number of hydrogen-bond donors (Lipinski definition) is 2. The molecule has 7 heterocycles. The van der Waals surface area contributed by atoms with Crippen molar-refractivity contribution in [2.45, 2.75) is 63.0 Å². The maximum atomic E-state index is 10.00. The monoisotopic (exact) mass is 1610 g/mol. The van der Waals surface area contributed by atoms with Gasteiger partial charge in [0.1, 0.15) is 25.3 Å². The second-order valence-corrected chi connectivity index (χ2v) is 29.9. The number of hydrazone groups is 5. The largest absolute Gasteiger partial charge is 0.741 e. The Kier molecular flexibility index (Phi) is 30.5. The van der Waals surface area contributed by atoms with Crippen molar-refractivity contribution in [3.8, 4) is 66.8 Å². The van der Waals surface area contributed by atoms with Crippen LogP contribution in [0, 0.1) is 6.92 Å². The van der Waals surface area contributed by atoms with Gasteiger partial charge in [-0.05, 0) is 166 Å². The molecule has 21 nitrogen and oxygen atoms in total. The van der Waals surface area contributed by atoms with Gasteiger partial charge >= 0.3 is 0 Å². The molecule has 108 heavy (non-hydrogen) atoms. The number of aromatic nitrogens is 3. The molecule has 0 aliphatic carbocycles. The van der Waals surface area contributed by atoms with Gasteiger partial charge in [0.2, 0.25) is 0 Å². The molecule has 9 aromatic rings. The third kappa shape index (κ3) is 22.5. The van der Waals surface area contributed by atoms with Gasteiger partial charge in [-0.25, -0.2) is 9.99 Å². The van der Waals surface area contributed by atoms with Crippen LogP contribution in [0.2, 0.25) is 0 Å². The second kappa shape index (κ2) is 39.8. The number of carbonyl (C=O) groups excluding carboxylic acids is 1. The number of carbonyl (C=O) groups is 1. The molecule has 0 bridgehead atoms. The van der Waals surface area contributed by atoms with Gasteiger partial charge in [-0.3, -0.25) is 35.2 Å². The Hall–Kier alpha value is -9.21. The van der Waals surface area contributed by atoms with Gasteiger partial charge in [-0.1, -0.05) is 164 Å². The Morgan fingerprint density at radius 3 is 1.31 bits per heavy atom. The van der Waals surface area contributed by atoms with Crippen LogP contribution in [-0.4, -0.2) is 195 Å². The third-order valence-electron chi connectivity index (χ3n) is 17.7. The number of nitrogens with zero attached hydrogens (tertiary/aromatic N) is 18. The lowest BCUT2D eigenvalue weighted by molar-refractivity contribution is -0.150. The topological polar surface area (TPSA) is 177 Å². The standard InChI is InChI=1S/C43H30S2.C9H11N3S.C7H13N3S2.C5H12N4S.C5H9N3O2S.C5H11N3S.C4H7N3S/c44-43(45)39-22-10-18-35(26-39)34-17-9-21-38(25-34)42-28-40(36-19-7-15-32(23-36)30-11-3-1-4-12-30)27-41(29-42)37-20-8-16-33(24-37)31-13-5-2-6-14-31;1-11-7-12(9(13)10-11)8-5-3-2-4-6-8;1-9-5-10(7(11)8-9)6-3-2-4-12-6;1-3-9-4(6)8(2)7-5(9)10;1-7-4(11)6-8(2)5(7)10-3-9;1-4-7(2)5(9)6-8(4)3;1-3-5-4(8)6-7(3)2/h1-29H,(H,44,45);2-6H,7H2,1H3,(H,10,13);6H,2-5H2,1H3,(H,8,11);4H,3,6H2,1-2H3,(H,7,10);3,5H,1-2H3,(H,6,11);4H,1-3H3,(H,6,9);1-2H3,(H,6,8)/p-6. The third-order valence-corrected chi connectivity index (χ3v) is 21.4. The predicted molar refractivity (Wildman–Crippen MR) is 466 cm³/mol. The van der Waals surface area contributed by atoms with Gasteiger partial charge in [0.05, 0.1) is 9.57 Å². The highest BCUT2D eigenvalue weighted by molar-refractivity contribution is 8.11. The Morgan fingerprint density at radius 2 is 0.972 bits per heavy atom. The number of hydrogen-bond acceptors (Lipinski definition) is 28. The van der Waals surface area contributed by atoms with Gasteiger partial charge in [-0.2, -0.15) is 30.6 Å². The van der Waals surface area contributed by atoms with Crippen molar-refractivity contribution in [2.24, 2.45) is 38.3 Å². The minimum absolute atomic E-state index is 0.169. The van der Waals surface area contributed by atoms with Crippen molar-refractivity contribution in [3.63, 3.8) is 0 Å². The average Bonchev–Trinajstić information content (AvgIpc) is 1.29. The van der Waals surface area contributed by atoms with Gasteiger partial charge in [0.25, 0.3) is 12.8 Å². The van der Waals surface area contributed by atoms with Crippen LogP contribution in [0.3, 0.4) is 0 Å². The second-order valence-electron chi connectivity index (χ2n) is 25.3. The summed E-state index contributed by atoms with van der Waals surface area (Å²) in [6, 6.07) is 72.8. The molecule has 6 aliphatic heterocycles. The minimum Gasteiger partial charge on any atom is -0.741 e. The molecule has 1 saturated heterocycles. The molecular formula is C78H87N19O2S9-6. The number of thiocarbonyl (C=S) groups is 1. The molecule has 0 amide bonds. The van der Waals surface area contributed by atoms with E-state index in [0.29, 0.717) is 48.0 Å². The number of para-hydroxylation sites is 1. The lowest BCUT2D eigenvalue weighted by Crippen LogP contribution is -2.46. The summed E-state index contributed by atoms with van der Waals surface area (Å²) in [5.74, 6) is 2.13. The number of amidine groups is 5. The number of aryl methyl sites for hydroxylation is 2. The SMILES string of the molecule is CC1N(C)N=C([S-])N1C.CCN1C([S-])=NN(C)C1N.CN1CN(C2CCCS2)C([S-])=N1.CN1CN(c2ccccc2)C([S-])=N1.CN1N=C([S-])N(C)C1OC=O.Cc1nc([S-])nn1C.S=C(S)c1cccc(-c2cccc(-c3cc(-c4cccc(-c5ccccc5)c4)cc(-c4cccc(-c5ccccc5)c4)c3)c2)c1. The number of thiol groups is 1. The highest BCUT2D eigenvalue weighted by atomic mass is 32.2. The molecule has 1 aromatic heterocycles. The van der Waals surface area contributed by atoms with E-state index in [1.807, 2.05) is 140 Å². The molecule has 4 atom stereocenters. The number of ether oxygens (including phenoxy) is 1. The first-order chi connectivity index (χ1) is 51.8. The summed E-state index contributed by atoms with van der Waals surface area (Å²) in [5.41, 5.74) is 21.9. The Bertz CT molecular complexity index is 4510. The fourth-order valence-corrected chi connectivity index (χ4v) is 14.9. The van der Waals surface area contributed by atoms with Crippen molar-refractivity contribution in [1.29, 1.82) is 0 Å². The van der Waals surface area contributed by atoms with Crippen LogP contribution in [0.1, 0.15) is 38.1 Å². The van der Waals surface area contributed by atoms with Crippen LogP contribution in [-0.2, 0) is 92.4 Å². The van der Waals surface area contributed by atoms with E-state index < -0.39 is 6.35 Å². The van der Waals surface area contributed by atoms with Crippen LogP contribution < -0.4 is 10.6 Å². The number of thioether (sulfide) groups is 1. The van der Waals surface area contributed by atoms with E-state index in [1.165, 1.54) is 73.7 Å². The highest BCUT2D eigenvalue weighted by Gasteiger charge is 2.27. The van der Waals surface area contributed by atoms with Gasteiger partial charge in [0, 0.05) is 99.6 Å². The summed E-state index contributed by atoms with van der Waals surface area (Å²) in [7, 11) is 14.8.